The molecule has 3 amide bonds. The normalized spacial score (nSPS) is 16.1. The number of rotatable bonds is 6. The van der Waals surface area contributed by atoms with E-state index >= 15 is 0 Å². The average molecular weight is 352 g/mol. The highest BCUT2D eigenvalue weighted by atomic mass is 32.2. The molecule has 0 aliphatic carbocycles. The van der Waals surface area contributed by atoms with Gasteiger partial charge in [-0.05, 0) is 42.5 Å². The fourth-order valence-electron chi connectivity index (χ4n) is 2.20. The summed E-state index contributed by atoms with van der Waals surface area (Å²) in [5, 5.41) is 8.38. The smallest absolute Gasteiger partial charge is 0.294 e. The molecule has 0 aromatic heterocycles. The maximum atomic E-state index is 13.2. The lowest BCUT2D eigenvalue weighted by molar-refractivity contribution is -0.136. The first-order valence-corrected chi connectivity index (χ1v) is 8.17. The summed E-state index contributed by atoms with van der Waals surface area (Å²) in [6, 6.07) is 5.65. The zero-order valence-corrected chi connectivity index (χ0v) is 13.9. The van der Waals surface area contributed by atoms with Crippen molar-refractivity contribution in [3.05, 3.63) is 40.6 Å². The lowest BCUT2D eigenvalue weighted by atomic mass is 10.2. The summed E-state index contributed by atoms with van der Waals surface area (Å²) in [6.07, 6.45) is 1.42. The highest BCUT2D eigenvalue weighted by Gasteiger charge is 2.36. The standard InChI is InChI=1S/C16H17FN2O4S/c1-2-18(6-7-20)14(21)10-19-15(22)13(24-16(19)23)9-11-4-3-5-12(17)8-11/h3-5,8-9,20H,2,6-7,10H2,1H3/b13-9-. The number of benzene rings is 1. The molecule has 24 heavy (non-hydrogen) atoms. The third-order valence-electron chi connectivity index (χ3n) is 3.42. The van der Waals surface area contributed by atoms with Crippen molar-refractivity contribution in [2.45, 2.75) is 6.92 Å². The highest BCUT2D eigenvalue weighted by Crippen LogP contribution is 2.32. The number of imide groups is 1. The van der Waals surface area contributed by atoms with E-state index in [1.807, 2.05) is 0 Å². The highest BCUT2D eigenvalue weighted by molar-refractivity contribution is 8.18. The van der Waals surface area contributed by atoms with Crippen LogP contribution in [-0.2, 0) is 9.59 Å². The SMILES string of the molecule is CCN(CCO)C(=O)CN1C(=O)S/C(=C\c2cccc(F)c2)C1=O. The number of aliphatic hydroxyl groups excluding tert-OH is 1. The van der Waals surface area contributed by atoms with Crippen molar-refractivity contribution in [3.63, 3.8) is 0 Å². The maximum Gasteiger partial charge on any atom is 0.294 e. The van der Waals surface area contributed by atoms with Gasteiger partial charge in [0.2, 0.25) is 5.91 Å². The average Bonchev–Trinajstić information content (AvgIpc) is 2.80. The van der Waals surface area contributed by atoms with E-state index in [-0.39, 0.29) is 24.6 Å². The Kier molecular flexibility index (Phi) is 6.10. The molecule has 1 fully saturated rings. The molecule has 1 N–H and O–H groups in total. The molecular weight excluding hydrogens is 335 g/mol. The van der Waals surface area contributed by atoms with Crippen LogP contribution in [0.4, 0.5) is 9.18 Å². The summed E-state index contributed by atoms with van der Waals surface area (Å²) in [5.74, 6) is -1.44. The fourth-order valence-corrected chi connectivity index (χ4v) is 3.04. The van der Waals surface area contributed by atoms with Crippen molar-refractivity contribution in [1.82, 2.24) is 9.80 Å². The van der Waals surface area contributed by atoms with E-state index in [4.69, 9.17) is 5.11 Å². The predicted octanol–water partition coefficient (Wildman–Crippen LogP) is 1.70. The minimum absolute atomic E-state index is 0.142. The topological polar surface area (TPSA) is 77.9 Å². The Hall–Kier alpha value is -2.19. The second-order valence-electron chi connectivity index (χ2n) is 5.02. The molecule has 1 aliphatic heterocycles. The van der Waals surface area contributed by atoms with Crippen molar-refractivity contribution >= 4 is 34.9 Å². The molecular formula is C16H17FN2O4S. The van der Waals surface area contributed by atoms with Crippen LogP contribution in [0.2, 0.25) is 0 Å². The lowest BCUT2D eigenvalue weighted by Gasteiger charge is -2.22. The number of carbonyl (C=O) groups is 3. The van der Waals surface area contributed by atoms with Crippen LogP contribution in [-0.4, -0.2) is 58.2 Å². The van der Waals surface area contributed by atoms with E-state index in [0.29, 0.717) is 23.9 Å². The molecule has 8 heteroatoms. The first kappa shape index (κ1) is 18.2. The van der Waals surface area contributed by atoms with Crippen molar-refractivity contribution in [2.24, 2.45) is 0 Å². The number of thioether (sulfide) groups is 1. The van der Waals surface area contributed by atoms with Crippen LogP contribution in [0.25, 0.3) is 6.08 Å². The number of hydrogen-bond donors (Lipinski definition) is 1. The molecule has 2 rings (SSSR count). The summed E-state index contributed by atoms with van der Waals surface area (Å²) >= 11 is 0.713. The Labute approximate surface area is 142 Å². The summed E-state index contributed by atoms with van der Waals surface area (Å²) < 4.78 is 13.2. The molecule has 1 aromatic rings. The van der Waals surface area contributed by atoms with Crippen molar-refractivity contribution in [1.29, 1.82) is 0 Å². The summed E-state index contributed by atoms with van der Waals surface area (Å²) in [4.78, 5) is 38.8. The molecule has 1 aliphatic rings. The van der Waals surface area contributed by atoms with E-state index in [9.17, 15) is 18.8 Å². The minimum Gasteiger partial charge on any atom is -0.395 e. The minimum atomic E-state index is -0.581. The van der Waals surface area contributed by atoms with Gasteiger partial charge in [-0.25, -0.2) is 4.39 Å². The molecule has 0 bridgehead atoms. The van der Waals surface area contributed by atoms with Gasteiger partial charge in [-0.15, -0.1) is 0 Å². The summed E-state index contributed by atoms with van der Waals surface area (Å²) in [6.45, 7) is 1.69. The van der Waals surface area contributed by atoms with Gasteiger partial charge in [0, 0.05) is 13.1 Å². The van der Waals surface area contributed by atoms with Gasteiger partial charge in [0.15, 0.2) is 0 Å². The zero-order chi connectivity index (χ0) is 17.7. The van der Waals surface area contributed by atoms with Crippen LogP contribution in [0, 0.1) is 5.82 Å². The summed E-state index contributed by atoms with van der Waals surface area (Å²) in [7, 11) is 0. The van der Waals surface area contributed by atoms with Crippen LogP contribution in [0.5, 0.6) is 0 Å². The van der Waals surface area contributed by atoms with Crippen LogP contribution < -0.4 is 0 Å². The van der Waals surface area contributed by atoms with Crippen LogP contribution in [0.1, 0.15) is 12.5 Å². The van der Waals surface area contributed by atoms with Gasteiger partial charge in [0.25, 0.3) is 11.1 Å². The lowest BCUT2D eigenvalue weighted by Crippen LogP contribution is -2.43. The Bertz CT molecular complexity index is 692. The molecule has 0 atom stereocenters. The van der Waals surface area contributed by atoms with Gasteiger partial charge in [0.1, 0.15) is 12.4 Å². The van der Waals surface area contributed by atoms with Gasteiger partial charge in [-0.3, -0.25) is 19.3 Å². The molecule has 1 heterocycles. The largest absolute Gasteiger partial charge is 0.395 e. The van der Waals surface area contributed by atoms with Gasteiger partial charge >= 0.3 is 0 Å². The number of hydrogen-bond acceptors (Lipinski definition) is 5. The maximum absolute atomic E-state index is 13.2. The van der Waals surface area contributed by atoms with E-state index in [1.165, 1.54) is 29.2 Å². The van der Waals surface area contributed by atoms with Crippen molar-refractivity contribution in [3.8, 4) is 0 Å². The molecule has 0 saturated carbocycles. The molecule has 1 saturated heterocycles. The third-order valence-corrected chi connectivity index (χ3v) is 4.33. The number of carbonyl (C=O) groups excluding carboxylic acids is 3. The Morgan fingerprint density at radius 3 is 2.79 bits per heavy atom. The molecule has 0 unspecified atom stereocenters. The number of nitrogens with zero attached hydrogens (tertiary/aromatic N) is 2. The van der Waals surface area contributed by atoms with Gasteiger partial charge in [0.05, 0.1) is 11.5 Å². The predicted molar refractivity (Wildman–Crippen MR) is 88.4 cm³/mol. The Morgan fingerprint density at radius 2 is 2.17 bits per heavy atom. The number of aliphatic hydroxyl groups is 1. The van der Waals surface area contributed by atoms with Gasteiger partial charge in [-0.2, -0.15) is 0 Å². The Balaban J connectivity index is 2.13. The molecule has 0 radical (unpaired) electrons. The number of halogens is 1. The van der Waals surface area contributed by atoms with E-state index in [0.717, 1.165) is 4.90 Å². The molecule has 6 nitrogen and oxygen atoms in total. The van der Waals surface area contributed by atoms with Gasteiger partial charge in [-0.1, -0.05) is 12.1 Å². The Morgan fingerprint density at radius 1 is 1.42 bits per heavy atom. The van der Waals surface area contributed by atoms with Crippen LogP contribution in [0.15, 0.2) is 29.2 Å². The first-order valence-electron chi connectivity index (χ1n) is 7.35. The quantitative estimate of drug-likeness (QED) is 0.789. The first-order chi connectivity index (χ1) is 11.5. The van der Waals surface area contributed by atoms with E-state index in [2.05, 4.69) is 0 Å². The zero-order valence-electron chi connectivity index (χ0n) is 13.1. The van der Waals surface area contributed by atoms with Crippen molar-refractivity contribution in [2.75, 3.05) is 26.2 Å². The number of likely N-dealkylation sites (N-methyl/N-ethyl adjacent to an activating group) is 1. The van der Waals surface area contributed by atoms with Crippen LogP contribution in [0.3, 0.4) is 0 Å². The van der Waals surface area contributed by atoms with Crippen LogP contribution >= 0.6 is 11.8 Å². The molecule has 0 spiro atoms. The second kappa shape index (κ2) is 8.07. The van der Waals surface area contributed by atoms with E-state index in [1.54, 1.807) is 13.0 Å². The molecule has 1 aromatic carbocycles. The molecule has 128 valence electrons. The fraction of sp³-hybridized carbons (Fsp3) is 0.312. The van der Waals surface area contributed by atoms with E-state index < -0.39 is 22.9 Å². The van der Waals surface area contributed by atoms with Crippen molar-refractivity contribution < 1.29 is 23.9 Å². The summed E-state index contributed by atoms with van der Waals surface area (Å²) in [5.41, 5.74) is 0.460. The number of amides is 3. The third kappa shape index (κ3) is 4.21. The monoisotopic (exact) mass is 352 g/mol. The van der Waals surface area contributed by atoms with Gasteiger partial charge < -0.3 is 10.0 Å². The second-order valence-corrected chi connectivity index (χ2v) is 6.01.